The Balaban J connectivity index is 2.22. The largest absolute Gasteiger partial charge is 0.496 e. The van der Waals surface area contributed by atoms with Crippen molar-refractivity contribution >= 4 is 0 Å². The highest BCUT2D eigenvalue weighted by atomic mass is 19.2. The third-order valence-corrected chi connectivity index (χ3v) is 2.71. The molecule has 0 radical (unpaired) electrons. The molecule has 0 unspecified atom stereocenters. The van der Waals surface area contributed by atoms with Gasteiger partial charge in [0, 0.05) is 5.56 Å². The van der Waals surface area contributed by atoms with Crippen molar-refractivity contribution in [2.24, 2.45) is 0 Å². The zero-order valence-electron chi connectivity index (χ0n) is 10.7. The predicted molar refractivity (Wildman–Crippen MR) is 68.4 cm³/mol. The quantitative estimate of drug-likeness (QED) is 0.858. The van der Waals surface area contributed by atoms with Gasteiger partial charge in [0.2, 0.25) is 5.82 Å². The van der Waals surface area contributed by atoms with Gasteiger partial charge >= 0.3 is 0 Å². The zero-order valence-corrected chi connectivity index (χ0v) is 10.7. The Morgan fingerprint density at radius 1 is 1.15 bits per heavy atom. The van der Waals surface area contributed by atoms with E-state index in [-0.39, 0.29) is 12.4 Å². The molecule has 0 bridgehead atoms. The van der Waals surface area contributed by atoms with Crippen LogP contribution in [0.4, 0.5) is 8.78 Å². The molecule has 0 aromatic heterocycles. The molecule has 5 heteroatoms. The third kappa shape index (κ3) is 2.86. The van der Waals surface area contributed by atoms with Gasteiger partial charge in [0.1, 0.15) is 12.4 Å². The molecule has 0 aliphatic heterocycles. The van der Waals surface area contributed by atoms with Gasteiger partial charge in [-0.2, -0.15) is 9.65 Å². The molecule has 0 N–H and O–H groups in total. The van der Waals surface area contributed by atoms with Gasteiger partial charge in [0.05, 0.1) is 18.7 Å². The molecule has 0 aliphatic carbocycles. The lowest BCUT2D eigenvalue weighted by atomic mass is 10.1. The lowest BCUT2D eigenvalue weighted by Crippen LogP contribution is -2.01. The minimum absolute atomic E-state index is 0.0287. The van der Waals surface area contributed by atoms with E-state index in [1.165, 1.54) is 19.2 Å². The van der Waals surface area contributed by atoms with Crippen LogP contribution in [0.1, 0.15) is 11.1 Å². The summed E-state index contributed by atoms with van der Waals surface area (Å²) in [6, 6.07) is 10.5. The van der Waals surface area contributed by atoms with Gasteiger partial charge in [-0.15, -0.1) is 0 Å². The second kappa shape index (κ2) is 6.02. The number of hydrogen-bond donors (Lipinski definition) is 0. The maximum Gasteiger partial charge on any atom is 0.200 e. The maximum atomic E-state index is 13.4. The van der Waals surface area contributed by atoms with Crippen LogP contribution in [0.3, 0.4) is 0 Å². The molecule has 102 valence electrons. The van der Waals surface area contributed by atoms with E-state index >= 15 is 0 Å². The number of rotatable bonds is 4. The molecule has 20 heavy (non-hydrogen) atoms. The highest BCUT2D eigenvalue weighted by molar-refractivity contribution is 5.42. The number of ether oxygens (including phenoxy) is 2. The summed E-state index contributed by atoms with van der Waals surface area (Å²) in [5.41, 5.74) is 1.01. The maximum absolute atomic E-state index is 13.4. The van der Waals surface area contributed by atoms with E-state index in [2.05, 4.69) is 0 Å². The van der Waals surface area contributed by atoms with Crippen LogP contribution in [0.25, 0.3) is 0 Å². The SMILES string of the molecule is COc1ccc(C#N)cc1COc1cccc(F)c1F. The number of methoxy groups -OCH3 is 1. The van der Waals surface area contributed by atoms with E-state index < -0.39 is 11.6 Å². The van der Waals surface area contributed by atoms with Gasteiger partial charge in [0.15, 0.2) is 11.6 Å². The van der Waals surface area contributed by atoms with Crippen LogP contribution in [0.5, 0.6) is 11.5 Å². The summed E-state index contributed by atoms with van der Waals surface area (Å²) >= 11 is 0. The van der Waals surface area contributed by atoms with Crippen LogP contribution in [-0.2, 0) is 6.61 Å². The first-order valence-electron chi connectivity index (χ1n) is 5.79. The summed E-state index contributed by atoms with van der Waals surface area (Å²) in [4.78, 5) is 0. The smallest absolute Gasteiger partial charge is 0.200 e. The molecule has 0 heterocycles. The summed E-state index contributed by atoms with van der Waals surface area (Å²) in [5, 5.41) is 8.85. The highest BCUT2D eigenvalue weighted by Gasteiger charge is 2.11. The first-order chi connectivity index (χ1) is 9.65. The second-order valence-corrected chi connectivity index (χ2v) is 3.98. The Morgan fingerprint density at radius 3 is 2.65 bits per heavy atom. The summed E-state index contributed by atoms with van der Waals surface area (Å²) in [5.74, 6) is -1.68. The molecule has 2 rings (SSSR count). The van der Waals surface area contributed by atoms with Crippen molar-refractivity contribution in [1.29, 1.82) is 5.26 Å². The normalized spacial score (nSPS) is 9.90. The first kappa shape index (κ1) is 13.8. The van der Waals surface area contributed by atoms with Crippen molar-refractivity contribution in [2.45, 2.75) is 6.61 Å². The van der Waals surface area contributed by atoms with Crippen LogP contribution < -0.4 is 9.47 Å². The third-order valence-electron chi connectivity index (χ3n) is 2.71. The summed E-state index contributed by atoms with van der Waals surface area (Å²) in [6.07, 6.45) is 0. The average Bonchev–Trinajstić information content (AvgIpc) is 2.48. The topological polar surface area (TPSA) is 42.2 Å². The number of nitrogens with zero attached hydrogens (tertiary/aromatic N) is 1. The molecule has 0 aliphatic rings. The van der Waals surface area contributed by atoms with Gasteiger partial charge in [-0.1, -0.05) is 6.07 Å². The Bertz CT molecular complexity index is 665. The number of halogens is 2. The molecular formula is C15H11F2NO2. The van der Waals surface area contributed by atoms with E-state index in [0.717, 1.165) is 6.07 Å². The highest BCUT2D eigenvalue weighted by Crippen LogP contribution is 2.24. The molecule has 0 amide bonds. The first-order valence-corrected chi connectivity index (χ1v) is 5.79. The van der Waals surface area contributed by atoms with E-state index in [0.29, 0.717) is 16.9 Å². The fraction of sp³-hybridized carbons (Fsp3) is 0.133. The Morgan fingerprint density at radius 2 is 1.95 bits per heavy atom. The summed E-state index contributed by atoms with van der Waals surface area (Å²) < 4.78 is 36.9. The second-order valence-electron chi connectivity index (χ2n) is 3.98. The van der Waals surface area contributed by atoms with Gasteiger partial charge < -0.3 is 9.47 Å². The van der Waals surface area contributed by atoms with E-state index in [1.54, 1.807) is 18.2 Å². The van der Waals surface area contributed by atoms with E-state index in [1.807, 2.05) is 6.07 Å². The van der Waals surface area contributed by atoms with Crippen LogP contribution in [-0.4, -0.2) is 7.11 Å². The molecule has 0 saturated carbocycles. The van der Waals surface area contributed by atoms with Gasteiger partial charge in [-0.05, 0) is 30.3 Å². The zero-order chi connectivity index (χ0) is 14.5. The van der Waals surface area contributed by atoms with Crippen molar-refractivity contribution in [3.63, 3.8) is 0 Å². The van der Waals surface area contributed by atoms with Gasteiger partial charge in [-0.3, -0.25) is 0 Å². The van der Waals surface area contributed by atoms with Crippen LogP contribution >= 0.6 is 0 Å². The van der Waals surface area contributed by atoms with Crippen LogP contribution in [0, 0.1) is 23.0 Å². The summed E-state index contributed by atoms with van der Waals surface area (Å²) in [6.45, 7) is -0.0287. The van der Waals surface area contributed by atoms with Crippen molar-refractivity contribution in [3.05, 3.63) is 59.2 Å². The summed E-state index contributed by atoms with van der Waals surface area (Å²) in [7, 11) is 1.48. The molecule has 2 aromatic carbocycles. The van der Waals surface area contributed by atoms with Gasteiger partial charge in [0.25, 0.3) is 0 Å². The van der Waals surface area contributed by atoms with Gasteiger partial charge in [-0.25, -0.2) is 4.39 Å². The minimum atomic E-state index is -1.04. The Hall–Kier alpha value is -2.61. The lowest BCUT2D eigenvalue weighted by Gasteiger charge is -2.11. The fourth-order valence-corrected chi connectivity index (χ4v) is 1.71. The standard InChI is InChI=1S/C15H11F2NO2/c1-19-13-6-5-10(8-18)7-11(13)9-20-14-4-2-3-12(16)15(14)17/h2-7H,9H2,1H3. The van der Waals surface area contributed by atoms with E-state index in [4.69, 9.17) is 14.7 Å². The lowest BCUT2D eigenvalue weighted by molar-refractivity contribution is 0.277. The van der Waals surface area contributed by atoms with E-state index in [9.17, 15) is 8.78 Å². The Labute approximate surface area is 115 Å². The number of nitriles is 1. The Kier molecular flexibility index (Phi) is 4.16. The molecule has 0 atom stereocenters. The fourth-order valence-electron chi connectivity index (χ4n) is 1.71. The van der Waals surface area contributed by atoms with Crippen molar-refractivity contribution in [3.8, 4) is 17.6 Å². The van der Waals surface area contributed by atoms with Crippen LogP contribution in [0.2, 0.25) is 0 Å². The monoisotopic (exact) mass is 275 g/mol. The molecule has 0 saturated heterocycles. The predicted octanol–water partition coefficient (Wildman–Crippen LogP) is 3.42. The molecule has 0 spiro atoms. The van der Waals surface area contributed by atoms with Crippen molar-refractivity contribution in [2.75, 3.05) is 7.11 Å². The molecule has 2 aromatic rings. The number of hydrogen-bond acceptors (Lipinski definition) is 3. The minimum Gasteiger partial charge on any atom is -0.496 e. The average molecular weight is 275 g/mol. The van der Waals surface area contributed by atoms with Crippen molar-refractivity contribution < 1.29 is 18.3 Å². The molecule has 3 nitrogen and oxygen atoms in total. The molecular weight excluding hydrogens is 264 g/mol. The number of benzene rings is 2. The van der Waals surface area contributed by atoms with Crippen LogP contribution in [0.15, 0.2) is 36.4 Å². The molecule has 0 fully saturated rings. The van der Waals surface area contributed by atoms with Crippen molar-refractivity contribution in [1.82, 2.24) is 0 Å².